The fourth-order valence-electron chi connectivity index (χ4n) is 1.98. The number of nitrogens with zero attached hydrogens (tertiary/aromatic N) is 2. The van der Waals surface area contributed by atoms with Crippen LogP contribution in [0.25, 0.3) is 0 Å². The summed E-state index contributed by atoms with van der Waals surface area (Å²) in [6.07, 6.45) is 1.50. The molecule has 17 heavy (non-hydrogen) atoms. The Morgan fingerprint density at radius 3 is 2.76 bits per heavy atom. The molecule has 1 saturated heterocycles. The number of hydrogen-bond donors (Lipinski definition) is 1. The van der Waals surface area contributed by atoms with E-state index in [0.717, 1.165) is 6.54 Å². The van der Waals surface area contributed by atoms with E-state index in [1.807, 2.05) is 0 Å². The maximum absolute atomic E-state index is 12.0. The lowest BCUT2D eigenvalue weighted by atomic mass is 10.3. The topological polar surface area (TPSA) is 70.1 Å². The average molecular weight is 242 g/mol. The molecule has 2 fully saturated rings. The number of morpholine rings is 1. The first-order valence-corrected chi connectivity index (χ1v) is 5.92. The number of rotatable bonds is 3. The van der Waals surface area contributed by atoms with Gasteiger partial charge in [0, 0.05) is 20.1 Å². The summed E-state index contributed by atoms with van der Waals surface area (Å²) < 4.78 is 5.08. The molecule has 1 heterocycles. The SMILES string of the molecule is CN(CC1CC1)C(=O)N1CCOC(C(=O)O)C1. The van der Waals surface area contributed by atoms with E-state index in [1.54, 1.807) is 16.8 Å². The van der Waals surface area contributed by atoms with E-state index in [2.05, 4.69) is 0 Å². The molecular weight excluding hydrogens is 224 g/mol. The lowest BCUT2D eigenvalue weighted by molar-refractivity contribution is -0.154. The van der Waals surface area contributed by atoms with Crippen LogP contribution in [-0.4, -0.2) is 66.3 Å². The zero-order valence-corrected chi connectivity index (χ0v) is 9.96. The second-order valence-electron chi connectivity index (χ2n) is 4.75. The van der Waals surface area contributed by atoms with Gasteiger partial charge in [0.05, 0.1) is 13.2 Å². The normalized spacial score (nSPS) is 24.5. The number of hydrogen-bond acceptors (Lipinski definition) is 3. The van der Waals surface area contributed by atoms with Crippen LogP contribution in [0.3, 0.4) is 0 Å². The van der Waals surface area contributed by atoms with Gasteiger partial charge in [0.25, 0.3) is 0 Å². The second kappa shape index (κ2) is 4.91. The highest BCUT2D eigenvalue weighted by Gasteiger charge is 2.32. The summed E-state index contributed by atoms with van der Waals surface area (Å²) in [5.41, 5.74) is 0. The number of carboxylic acid groups (broad SMARTS) is 1. The molecule has 1 N–H and O–H groups in total. The van der Waals surface area contributed by atoms with Crippen molar-refractivity contribution in [3.05, 3.63) is 0 Å². The predicted octanol–water partition coefficient (Wildman–Crippen LogP) is 0.234. The van der Waals surface area contributed by atoms with Crippen molar-refractivity contribution in [3.8, 4) is 0 Å². The van der Waals surface area contributed by atoms with Crippen LogP contribution in [0.1, 0.15) is 12.8 Å². The van der Waals surface area contributed by atoms with Crippen LogP contribution in [-0.2, 0) is 9.53 Å². The van der Waals surface area contributed by atoms with Gasteiger partial charge in [-0.25, -0.2) is 9.59 Å². The Morgan fingerprint density at radius 2 is 2.18 bits per heavy atom. The zero-order chi connectivity index (χ0) is 12.4. The molecule has 96 valence electrons. The average Bonchev–Trinajstić information content (AvgIpc) is 3.12. The predicted molar refractivity (Wildman–Crippen MR) is 59.7 cm³/mol. The van der Waals surface area contributed by atoms with Crippen molar-refractivity contribution in [1.82, 2.24) is 9.80 Å². The Labute approximate surface area is 100 Å². The number of ether oxygens (including phenoxy) is 1. The summed E-state index contributed by atoms with van der Waals surface area (Å²) in [5, 5.41) is 8.86. The molecule has 0 aromatic carbocycles. The first-order valence-electron chi connectivity index (χ1n) is 5.92. The number of aliphatic carboxylic acids is 1. The van der Waals surface area contributed by atoms with E-state index in [1.165, 1.54) is 12.8 Å². The van der Waals surface area contributed by atoms with Crippen LogP contribution in [0.5, 0.6) is 0 Å². The minimum atomic E-state index is -1.01. The molecule has 1 atom stereocenters. The first-order chi connectivity index (χ1) is 8.08. The van der Waals surface area contributed by atoms with Gasteiger partial charge in [-0.15, -0.1) is 0 Å². The minimum Gasteiger partial charge on any atom is -0.479 e. The van der Waals surface area contributed by atoms with E-state index in [-0.39, 0.29) is 12.6 Å². The molecule has 2 aliphatic rings. The second-order valence-corrected chi connectivity index (χ2v) is 4.75. The molecule has 2 rings (SSSR count). The van der Waals surface area contributed by atoms with Gasteiger partial charge in [-0.05, 0) is 18.8 Å². The highest BCUT2D eigenvalue weighted by molar-refractivity contribution is 5.77. The number of carboxylic acids is 1. The lowest BCUT2D eigenvalue weighted by Gasteiger charge is -2.33. The summed E-state index contributed by atoms with van der Waals surface area (Å²) in [5.74, 6) is -0.368. The highest BCUT2D eigenvalue weighted by atomic mass is 16.5. The Bertz CT molecular complexity index is 317. The van der Waals surface area contributed by atoms with Gasteiger partial charge in [-0.2, -0.15) is 0 Å². The van der Waals surface area contributed by atoms with E-state index in [0.29, 0.717) is 19.1 Å². The maximum atomic E-state index is 12.0. The van der Waals surface area contributed by atoms with Crippen molar-refractivity contribution >= 4 is 12.0 Å². The molecule has 1 saturated carbocycles. The van der Waals surface area contributed by atoms with Gasteiger partial charge in [0.15, 0.2) is 6.10 Å². The Hall–Kier alpha value is -1.30. The standard InChI is InChI=1S/C11H18N2O4/c1-12(6-8-2-3-8)11(16)13-4-5-17-9(7-13)10(14)15/h8-9H,2-7H2,1H3,(H,14,15). The molecule has 0 spiro atoms. The van der Waals surface area contributed by atoms with Crippen molar-refractivity contribution in [2.24, 2.45) is 5.92 Å². The van der Waals surface area contributed by atoms with Crippen molar-refractivity contribution < 1.29 is 19.4 Å². The Kier molecular flexibility index (Phi) is 3.51. The third-order valence-electron chi connectivity index (χ3n) is 3.17. The molecule has 0 aromatic rings. The van der Waals surface area contributed by atoms with E-state index >= 15 is 0 Å². The van der Waals surface area contributed by atoms with E-state index in [4.69, 9.17) is 9.84 Å². The van der Waals surface area contributed by atoms with Crippen LogP contribution in [0.2, 0.25) is 0 Å². The summed E-state index contributed by atoms with van der Waals surface area (Å²) in [4.78, 5) is 26.1. The fraction of sp³-hybridized carbons (Fsp3) is 0.818. The molecule has 1 unspecified atom stereocenters. The van der Waals surface area contributed by atoms with E-state index in [9.17, 15) is 9.59 Å². The largest absolute Gasteiger partial charge is 0.479 e. The molecule has 1 aliphatic carbocycles. The molecule has 0 bridgehead atoms. The third kappa shape index (κ3) is 3.09. The Morgan fingerprint density at radius 1 is 1.47 bits per heavy atom. The van der Waals surface area contributed by atoms with Crippen molar-refractivity contribution in [3.63, 3.8) is 0 Å². The van der Waals surface area contributed by atoms with Gasteiger partial charge in [0.1, 0.15) is 0 Å². The van der Waals surface area contributed by atoms with Crippen LogP contribution in [0, 0.1) is 5.92 Å². The lowest BCUT2D eigenvalue weighted by Crippen LogP contribution is -2.52. The first kappa shape index (κ1) is 12.2. The minimum absolute atomic E-state index is 0.0912. The monoisotopic (exact) mass is 242 g/mol. The maximum Gasteiger partial charge on any atom is 0.334 e. The molecule has 0 aromatic heterocycles. The van der Waals surface area contributed by atoms with Crippen LogP contribution >= 0.6 is 0 Å². The number of carbonyl (C=O) groups excluding carboxylic acids is 1. The number of amides is 2. The van der Waals surface area contributed by atoms with Crippen LogP contribution in [0.4, 0.5) is 4.79 Å². The van der Waals surface area contributed by atoms with Crippen LogP contribution < -0.4 is 0 Å². The fourth-order valence-corrected chi connectivity index (χ4v) is 1.98. The smallest absolute Gasteiger partial charge is 0.334 e. The van der Waals surface area contributed by atoms with Gasteiger partial charge in [-0.3, -0.25) is 0 Å². The van der Waals surface area contributed by atoms with Crippen molar-refractivity contribution in [1.29, 1.82) is 0 Å². The zero-order valence-electron chi connectivity index (χ0n) is 9.96. The number of carbonyl (C=O) groups is 2. The van der Waals surface area contributed by atoms with Gasteiger partial charge in [-0.1, -0.05) is 0 Å². The molecule has 1 aliphatic heterocycles. The van der Waals surface area contributed by atoms with Crippen LogP contribution in [0.15, 0.2) is 0 Å². The van der Waals surface area contributed by atoms with Gasteiger partial charge >= 0.3 is 12.0 Å². The van der Waals surface area contributed by atoms with Gasteiger partial charge in [0.2, 0.25) is 0 Å². The summed E-state index contributed by atoms with van der Waals surface area (Å²) in [6, 6.07) is -0.0912. The summed E-state index contributed by atoms with van der Waals surface area (Å²) in [7, 11) is 1.77. The molecule has 6 nitrogen and oxygen atoms in total. The molecule has 6 heteroatoms. The van der Waals surface area contributed by atoms with Crippen molar-refractivity contribution in [2.75, 3.05) is 33.3 Å². The quantitative estimate of drug-likeness (QED) is 0.769. The Balaban J connectivity index is 1.86. The van der Waals surface area contributed by atoms with Crippen molar-refractivity contribution in [2.45, 2.75) is 18.9 Å². The summed E-state index contributed by atoms with van der Waals surface area (Å²) in [6.45, 7) is 1.68. The molecular formula is C11H18N2O4. The van der Waals surface area contributed by atoms with E-state index < -0.39 is 12.1 Å². The van der Waals surface area contributed by atoms with Gasteiger partial charge < -0.3 is 19.6 Å². The highest BCUT2D eigenvalue weighted by Crippen LogP contribution is 2.29. The molecule has 2 amide bonds. The third-order valence-corrected chi connectivity index (χ3v) is 3.17. The molecule has 0 radical (unpaired) electrons. The summed E-state index contributed by atoms with van der Waals surface area (Å²) >= 11 is 0. The number of urea groups is 1.